The minimum absolute atomic E-state index is 0.160. The van der Waals surface area contributed by atoms with Gasteiger partial charge >= 0.3 is 6.09 Å². The summed E-state index contributed by atoms with van der Waals surface area (Å²) in [6, 6.07) is 1.46. The fourth-order valence-electron chi connectivity index (χ4n) is 3.33. The van der Waals surface area contributed by atoms with Crippen LogP contribution in [0.5, 0.6) is 0 Å². The van der Waals surface area contributed by atoms with Crippen LogP contribution in [-0.2, 0) is 4.74 Å². The lowest BCUT2D eigenvalue weighted by Crippen LogP contribution is -2.46. The highest BCUT2D eigenvalue weighted by atomic mass is 16.6. The number of hydrogen-bond donors (Lipinski definition) is 1. The van der Waals surface area contributed by atoms with E-state index in [2.05, 4.69) is 24.1 Å². The number of nitrogens with zero attached hydrogens (tertiary/aromatic N) is 2. The van der Waals surface area contributed by atoms with Crippen LogP contribution in [0, 0.1) is 0 Å². The maximum Gasteiger partial charge on any atom is 0.410 e. The molecule has 0 aliphatic carbocycles. The molecular weight excluding hydrogens is 278 g/mol. The van der Waals surface area contributed by atoms with Gasteiger partial charge < -0.3 is 15.0 Å². The minimum Gasteiger partial charge on any atom is -0.444 e. The molecule has 2 fully saturated rings. The number of carbonyl (C=O) groups is 1. The molecule has 0 aromatic heterocycles. The van der Waals surface area contributed by atoms with E-state index in [0.29, 0.717) is 12.1 Å². The first-order valence-corrected chi connectivity index (χ1v) is 8.73. The van der Waals surface area contributed by atoms with Gasteiger partial charge in [0.15, 0.2) is 0 Å². The summed E-state index contributed by atoms with van der Waals surface area (Å²) in [5.41, 5.74) is -0.416. The lowest BCUT2D eigenvalue weighted by molar-refractivity contribution is 0.0225. The van der Waals surface area contributed by atoms with Gasteiger partial charge in [-0.1, -0.05) is 0 Å². The molecule has 1 N–H and O–H groups in total. The number of likely N-dealkylation sites (tertiary alicyclic amines) is 2. The molecule has 2 saturated heterocycles. The molecule has 2 aliphatic rings. The Morgan fingerprint density at radius 2 is 2.00 bits per heavy atom. The van der Waals surface area contributed by atoms with Gasteiger partial charge in [0.05, 0.1) is 0 Å². The van der Waals surface area contributed by atoms with E-state index in [0.717, 1.165) is 32.5 Å². The van der Waals surface area contributed by atoms with E-state index < -0.39 is 5.60 Å². The molecule has 0 bridgehead atoms. The highest BCUT2D eigenvalue weighted by Crippen LogP contribution is 2.21. The maximum atomic E-state index is 12.3. The Labute approximate surface area is 135 Å². The van der Waals surface area contributed by atoms with Crippen molar-refractivity contribution in [2.24, 2.45) is 0 Å². The number of carbonyl (C=O) groups excluding carboxylic acids is 1. The molecule has 2 rings (SSSR count). The lowest BCUT2D eigenvalue weighted by Gasteiger charge is -2.29. The van der Waals surface area contributed by atoms with Crippen LogP contribution in [0.15, 0.2) is 0 Å². The molecular formula is C17H33N3O2. The zero-order chi connectivity index (χ0) is 16.3. The molecule has 0 saturated carbocycles. The van der Waals surface area contributed by atoms with E-state index in [1.807, 2.05) is 25.7 Å². The topological polar surface area (TPSA) is 44.8 Å². The van der Waals surface area contributed by atoms with Crippen LogP contribution < -0.4 is 5.32 Å². The van der Waals surface area contributed by atoms with Gasteiger partial charge in [0.2, 0.25) is 0 Å². The maximum absolute atomic E-state index is 12.3. The number of ether oxygens (including phenoxy) is 1. The van der Waals surface area contributed by atoms with E-state index in [-0.39, 0.29) is 12.1 Å². The first kappa shape index (κ1) is 17.5. The molecule has 1 amide bonds. The second-order valence-electron chi connectivity index (χ2n) is 7.95. The van der Waals surface area contributed by atoms with Crippen molar-refractivity contribution in [2.45, 2.75) is 77.6 Å². The number of amides is 1. The Morgan fingerprint density at radius 1 is 1.27 bits per heavy atom. The third-order valence-corrected chi connectivity index (χ3v) is 4.60. The number of nitrogens with one attached hydrogen (secondary N) is 1. The van der Waals surface area contributed by atoms with Crippen molar-refractivity contribution < 1.29 is 9.53 Å². The van der Waals surface area contributed by atoms with E-state index in [9.17, 15) is 4.79 Å². The van der Waals surface area contributed by atoms with E-state index in [1.54, 1.807) is 0 Å². The summed E-state index contributed by atoms with van der Waals surface area (Å²) in [4.78, 5) is 16.7. The fraction of sp³-hybridized carbons (Fsp3) is 0.941. The summed E-state index contributed by atoms with van der Waals surface area (Å²) in [5, 5.41) is 3.66. The molecule has 2 atom stereocenters. The van der Waals surface area contributed by atoms with E-state index in [4.69, 9.17) is 4.74 Å². The molecule has 0 aromatic rings. The SMILES string of the molecule is CC(C)N1CCC(NCC2CCCN2C(=O)OC(C)(C)C)C1. The van der Waals surface area contributed by atoms with Gasteiger partial charge in [-0.05, 0) is 60.4 Å². The van der Waals surface area contributed by atoms with Crippen LogP contribution in [0.4, 0.5) is 4.79 Å². The first-order chi connectivity index (χ1) is 10.3. The Balaban J connectivity index is 1.78. The lowest BCUT2D eigenvalue weighted by atomic mass is 10.2. The average molecular weight is 311 g/mol. The van der Waals surface area contributed by atoms with Crippen LogP contribution in [0.1, 0.15) is 53.9 Å². The predicted octanol–water partition coefficient (Wildman–Crippen LogP) is 2.46. The van der Waals surface area contributed by atoms with Gasteiger partial charge in [0.25, 0.3) is 0 Å². The van der Waals surface area contributed by atoms with Crippen molar-refractivity contribution in [2.75, 3.05) is 26.2 Å². The second-order valence-corrected chi connectivity index (χ2v) is 7.95. The van der Waals surface area contributed by atoms with Gasteiger partial charge in [-0.3, -0.25) is 4.90 Å². The van der Waals surface area contributed by atoms with E-state index in [1.165, 1.54) is 13.0 Å². The highest BCUT2D eigenvalue weighted by molar-refractivity contribution is 5.69. The Morgan fingerprint density at radius 3 is 2.59 bits per heavy atom. The van der Waals surface area contributed by atoms with Gasteiger partial charge in [0, 0.05) is 37.8 Å². The van der Waals surface area contributed by atoms with Crippen molar-refractivity contribution >= 4 is 6.09 Å². The predicted molar refractivity (Wildman–Crippen MR) is 89.1 cm³/mol. The molecule has 22 heavy (non-hydrogen) atoms. The second kappa shape index (κ2) is 7.18. The molecule has 0 radical (unpaired) electrons. The van der Waals surface area contributed by atoms with Gasteiger partial charge in [-0.15, -0.1) is 0 Å². The molecule has 0 spiro atoms. The van der Waals surface area contributed by atoms with Crippen LogP contribution in [0.3, 0.4) is 0 Å². The van der Waals surface area contributed by atoms with Crippen LogP contribution in [0.2, 0.25) is 0 Å². The molecule has 2 unspecified atom stereocenters. The Kier molecular flexibility index (Phi) is 5.72. The van der Waals surface area contributed by atoms with Crippen molar-refractivity contribution in [3.63, 3.8) is 0 Å². The quantitative estimate of drug-likeness (QED) is 0.866. The normalized spacial score (nSPS) is 26.9. The third-order valence-electron chi connectivity index (χ3n) is 4.60. The summed E-state index contributed by atoms with van der Waals surface area (Å²) < 4.78 is 5.52. The molecule has 2 aliphatic heterocycles. The average Bonchev–Trinajstić information content (AvgIpc) is 3.03. The zero-order valence-corrected chi connectivity index (χ0v) is 14.9. The smallest absolute Gasteiger partial charge is 0.410 e. The zero-order valence-electron chi connectivity index (χ0n) is 14.9. The number of rotatable bonds is 4. The Bertz CT molecular complexity index is 379. The molecule has 0 aromatic carbocycles. The largest absolute Gasteiger partial charge is 0.444 e. The third kappa shape index (κ3) is 4.85. The first-order valence-electron chi connectivity index (χ1n) is 8.73. The summed E-state index contributed by atoms with van der Waals surface area (Å²) >= 11 is 0. The molecule has 2 heterocycles. The summed E-state index contributed by atoms with van der Waals surface area (Å²) in [7, 11) is 0. The monoisotopic (exact) mass is 311 g/mol. The van der Waals surface area contributed by atoms with Crippen LogP contribution in [-0.4, -0.2) is 65.8 Å². The van der Waals surface area contributed by atoms with Crippen molar-refractivity contribution in [1.82, 2.24) is 15.1 Å². The van der Waals surface area contributed by atoms with Gasteiger partial charge in [-0.2, -0.15) is 0 Å². The van der Waals surface area contributed by atoms with Gasteiger partial charge in [-0.25, -0.2) is 4.79 Å². The van der Waals surface area contributed by atoms with Crippen molar-refractivity contribution in [1.29, 1.82) is 0 Å². The standard InChI is InChI=1S/C17H33N3O2/c1-13(2)19-10-8-14(12-19)18-11-15-7-6-9-20(15)16(21)22-17(3,4)5/h13-15,18H,6-12H2,1-5H3. The van der Waals surface area contributed by atoms with Crippen molar-refractivity contribution in [3.05, 3.63) is 0 Å². The molecule has 5 nitrogen and oxygen atoms in total. The van der Waals surface area contributed by atoms with E-state index >= 15 is 0 Å². The number of hydrogen-bond acceptors (Lipinski definition) is 4. The highest BCUT2D eigenvalue weighted by Gasteiger charge is 2.33. The summed E-state index contributed by atoms with van der Waals surface area (Å²) in [5.74, 6) is 0. The molecule has 128 valence electrons. The summed E-state index contributed by atoms with van der Waals surface area (Å²) in [6.45, 7) is 14.3. The molecule has 5 heteroatoms. The minimum atomic E-state index is -0.416. The summed E-state index contributed by atoms with van der Waals surface area (Å²) in [6.07, 6.45) is 3.20. The fourth-order valence-corrected chi connectivity index (χ4v) is 3.33. The van der Waals surface area contributed by atoms with Crippen LogP contribution in [0.25, 0.3) is 0 Å². The Hall–Kier alpha value is -0.810. The van der Waals surface area contributed by atoms with Gasteiger partial charge in [0.1, 0.15) is 5.60 Å². The van der Waals surface area contributed by atoms with Crippen molar-refractivity contribution in [3.8, 4) is 0 Å². The van der Waals surface area contributed by atoms with Crippen LogP contribution >= 0.6 is 0 Å².